The second kappa shape index (κ2) is 3.28. The minimum Gasteiger partial charge on any atom is -0.380 e. The van der Waals surface area contributed by atoms with Crippen LogP contribution in [0.4, 0.5) is 0 Å². The molecule has 3 heteroatoms. The molecule has 0 N–H and O–H groups in total. The van der Waals surface area contributed by atoms with Gasteiger partial charge in [0.2, 0.25) is 0 Å². The van der Waals surface area contributed by atoms with Crippen LogP contribution in [0.15, 0.2) is 0 Å². The van der Waals surface area contributed by atoms with Crippen molar-refractivity contribution in [3.8, 4) is 6.07 Å². The average molecular weight is 180 g/mol. The topological polar surface area (TPSA) is 36.3 Å². The SMILES string of the molecule is CN1CCC(C2(CC#N)COC2)C1. The zero-order valence-electron chi connectivity index (χ0n) is 8.12. The molecule has 1 unspecified atom stereocenters. The summed E-state index contributed by atoms with van der Waals surface area (Å²) in [6.45, 7) is 3.93. The summed E-state index contributed by atoms with van der Waals surface area (Å²) in [6, 6.07) is 2.30. The number of ether oxygens (including phenoxy) is 1. The van der Waals surface area contributed by atoms with Crippen molar-refractivity contribution < 1.29 is 4.74 Å². The van der Waals surface area contributed by atoms with Crippen molar-refractivity contribution in [2.75, 3.05) is 33.4 Å². The Balaban J connectivity index is 2.01. The summed E-state index contributed by atoms with van der Waals surface area (Å²) < 4.78 is 5.27. The average Bonchev–Trinajstić information content (AvgIpc) is 2.44. The van der Waals surface area contributed by atoms with E-state index in [1.807, 2.05) is 0 Å². The summed E-state index contributed by atoms with van der Waals surface area (Å²) in [4.78, 5) is 2.35. The number of rotatable bonds is 2. The smallest absolute Gasteiger partial charge is 0.0629 e. The fourth-order valence-electron chi connectivity index (χ4n) is 2.44. The van der Waals surface area contributed by atoms with Crippen LogP contribution < -0.4 is 0 Å². The Kier molecular flexibility index (Phi) is 2.27. The second-order valence-corrected chi connectivity index (χ2v) is 4.44. The van der Waals surface area contributed by atoms with Crippen LogP contribution >= 0.6 is 0 Å². The van der Waals surface area contributed by atoms with Gasteiger partial charge < -0.3 is 9.64 Å². The Labute approximate surface area is 79.3 Å². The molecule has 0 radical (unpaired) electrons. The molecule has 0 aromatic heterocycles. The molecule has 2 rings (SSSR count). The van der Waals surface area contributed by atoms with E-state index in [0.29, 0.717) is 12.3 Å². The quantitative estimate of drug-likeness (QED) is 0.632. The van der Waals surface area contributed by atoms with Gasteiger partial charge in [-0.25, -0.2) is 0 Å². The number of hydrogen-bond acceptors (Lipinski definition) is 3. The third kappa shape index (κ3) is 1.45. The van der Waals surface area contributed by atoms with E-state index in [4.69, 9.17) is 10.00 Å². The number of nitriles is 1. The van der Waals surface area contributed by atoms with Crippen LogP contribution in [0.25, 0.3) is 0 Å². The Morgan fingerprint density at radius 2 is 2.38 bits per heavy atom. The van der Waals surface area contributed by atoms with Gasteiger partial charge in [-0.2, -0.15) is 5.26 Å². The van der Waals surface area contributed by atoms with E-state index in [1.54, 1.807) is 0 Å². The van der Waals surface area contributed by atoms with Gasteiger partial charge in [0.1, 0.15) is 0 Å². The molecule has 2 aliphatic rings. The van der Waals surface area contributed by atoms with E-state index in [0.717, 1.165) is 19.8 Å². The Morgan fingerprint density at radius 3 is 2.77 bits per heavy atom. The standard InChI is InChI=1S/C10H16N2O/c1-12-5-2-9(6-12)10(3-4-11)7-13-8-10/h9H,2-3,5-8H2,1H3. The van der Waals surface area contributed by atoms with Crippen LogP contribution in [0.2, 0.25) is 0 Å². The van der Waals surface area contributed by atoms with Crippen molar-refractivity contribution >= 4 is 0 Å². The van der Waals surface area contributed by atoms with Gasteiger partial charge in [-0.05, 0) is 25.9 Å². The lowest BCUT2D eigenvalue weighted by Gasteiger charge is -2.44. The van der Waals surface area contributed by atoms with Crippen LogP contribution in [0.1, 0.15) is 12.8 Å². The maximum Gasteiger partial charge on any atom is 0.0629 e. The van der Waals surface area contributed by atoms with Crippen molar-refractivity contribution in [2.45, 2.75) is 12.8 Å². The Morgan fingerprint density at radius 1 is 1.62 bits per heavy atom. The van der Waals surface area contributed by atoms with Gasteiger partial charge in [0, 0.05) is 18.4 Å². The fourth-order valence-corrected chi connectivity index (χ4v) is 2.44. The molecule has 2 saturated heterocycles. The highest BCUT2D eigenvalue weighted by Gasteiger charge is 2.47. The van der Waals surface area contributed by atoms with E-state index in [1.165, 1.54) is 13.0 Å². The molecule has 0 aromatic carbocycles. The first-order valence-corrected chi connectivity index (χ1v) is 4.90. The van der Waals surface area contributed by atoms with Crippen LogP contribution in [0.5, 0.6) is 0 Å². The number of hydrogen-bond donors (Lipinski definition) is 0. The molecule has 72 valence electrons. The van der Waals surface area contributed by atoms with Crippen LogP contribution in [0.3, 0.4) is 0 Å². The predicted octanol–water partition coefficient (Wildman–Crippen LogP) is 0.868. The third-order valence-electron chi connectivity index (χ3n) is 3.47. The van der Waals surface area contributed by atoms with E-state index >= 15 is 0 Å². The molecule has 13 heavy (non-hydrogen) atoms. The lowest BCUT2D eigenvalue weighted by molar-refractivity contribution is -0.140. The molecule has 3 nitrogen and oxygen atoms in total. The summed E-state index contributed by atoms with van der Waals surface area (Å²) in [6.07, 6.45) is 1.91. The van der Waals surface area contributed by atoms with E-state index in [9.17, 15) is 0 Å². The minimum atomic E-state index is 0.208. The zero-order chi connectivity index (χ0) is 9.31. The van der Waals surface area contributed by atoms with Crippen LogP contribution in [0, 0.1) is 22.7 Å². The van der Waals surface area contributed by atoms with Gasteiger partial charge in [-0.1, -0.05) is 0 Å². The molecule has 2 aliphatic heterocycles. The van der Waals surface area contributed by atoms with E-state index in [-0.39, 0.29) is 5.41 Å². The molecular formula is C10H16N2O. The first-order chi connectivity index (χ1) is 6.27. The van der Waals surface area contributed by atoms with Crippen LogP contribution in [-0.2, 0) is 4.74 Å². The highest BCUT2D eigenvalue weighted by Crippen LogP contribution is 2.43. The molecule has 2 fully saturated rings. The molecular weight excluding hydrogens is 164 g/mol. The van der Waals surface area contributed by atoms with Gasteiger partial charge in [0.15, 0.2) is 0 Å². The molecule has 0 spiro atoms. The number of likely N-dealkylation sites (tertiary alicyclic amines) is 1. The van der Waals surface area contributed by atoms with Crippen molar-refractivity contribution in [3.63, 3.8) is 0 Å². The largest absolute Gasteiger partial charge is 0.380 e. The first kappa shape index (κ1) is 8.98. The molecule has 2 heterocycles. The summed E-state index contributed by atoms with van der Waals surface area (Å²) in [5.41, 5.74) is 0.208. The molecule has 0 bridgehead atoms. The summed E-state index contributed by atoms with van der Waals surface area (Å²) in [7, 11) is 2.15. The van der Waals surface area contributed by atoms with Crippen molar-refractivity contribution in [1.29, 1.82) is 5.26 Å². The summed E-state index contributed by atoms with van der Waals surface area (Å²) in [5, 5.41) is 8.77. The highest BCUT2D eigenvalue weighted by molar-refractivity contribution is 5.00. The minimum absolute atomic E-state index is 0.208. The highest BCUT2D eigenvalue weighted by atomic mass is 16.5. The maximum atomic E-state index is 8.77. The molecule has 1 atom stereocenters. The second-order valence-electron chi connectivity index (χ2n) is 4.44. The van der Waals surface area contributed by atoms with Gasteiger partial charge in [-0.15, -0.1) is 0 Å². The number of nitrogens with zero attached hydrogens (tertiary/aromatic N) is 2. The Hall–Kier alpha value is -0.590. The lowest BCUT2D eigenvalue weighted by Crippen LogP contribution is -2.48. The lowest BCUT2D eigenvalue weighted by atomic mass is 9.71. The normalized spacial score (nSPS) is 32.5. The first-order valence-electron chi connectivity index (χ1n) is 4.90. The summed E-state index contributed by atoms with van der Waals surface area (Å²) in [5.74, 6) is 0.686. The van der Waals surface area contributed by atoms with Crippen molar-refractivity contribution in [2.24, 2.45) is 11.3 Å². The van der Waals surface area contributed by atoms with Gasteiger partial charge in [-0.3, -0.25) is 0 Å². The maximum absolute atomic E-state index is 8.77. The molecule has 0 aromatic rings. The monoisotopic (exact) mass is 180 g/mol. The van der Waals surface area contributed by atoms with Gasteiger partial charge >= 0.3 is 0 Å². The fraction of sp³-hybridized carbons (Fsp3) is 0.900. The van der Waals surface area contributed by atoms with Crippen molar-refractivity contribution in [3.05, 3.63) is 0 Å². The molecule has 0 amide bonds. The zero-order valence-corrected chi connectivity index (χ0v) is 8.12. The molecule has 0 aliphatic carbocycles. The van der Waals surface area contributed by atoms with Crippen LogP contribution in [-0.4, -0.2) is 38.3 Å². The van der Waals surface area contributed by atoms with E-state index < -0.39 is 0 Å². The van der Waals surface area contributed by atoms with Crippen molar-refractivity contribution in [1.82, 2.24) is 4.90 Å². The van der Waals surface area contributed by atoms with Gasteiger partial charge in [0.05, 0.1) is 19.3 Å². The third-order valence-corrected chi connectivity index (χ3v) is 3.47. The van der Waals surface area contributed by atoms with E-state index in [2.05, 4.69) is 18.0 Å². The Bertz CT molecular complexity index is 230. The predicted molar refractivity (Wildman–Crippen MR) is 49.1 cm³/mol. The summed E-state index contributed by atoms with van der Waals surface area (Å²) >= 11 is 0. The van der Waals surface area contributed by atoms with Gasteiger partial charge in [0.25, 0.3) is 0 Å². The molecule has 0 saturated carbocycles.